The smallest absolute Gasteiger partial charge is 0.338 e. The van der Waals surface area contributed by atoms with Crippen LogP contribution < -0.4 is 22.5 Å². The molecule has 3 amide bonds. The third-order valence-corrected chi connectivity index (χ3v) is 8.96. The molecular formula is C29H42N8O3. The summed E-state index contributed by atoms with van der Waals surface area (Å²) in [7, 11) is 0. The average molecular weight is 551 g/mol. The Labute approximate surface area is 235 Å². The fourth-order valence-corrected chi connectivity index (χ4v) is 6.14. The van der Waals surface area contributed by atoms with E-state index in [4.69, 9.17) is 11.5 Å². The van der Waals surface area contributed by atoms with Crippen LogP contribution in [0.5, 0.6) is 0 Å². The van der Waals surface area contributed by atoms with Gasteiger partial charge in [0.05, 0.1) is 11.7 Å². The Morgan fingerprint density at radius 2 is 1.62 bits per heavy atom. The molecule has 1 aromatic heterocycles. The van der Waals surface area contributed by atoms with Crippen molar-refractivity contribution in [1.82, 2.24) is 24.3 Å². The van der Waals surface area contributed by atoms with Gasteiger partial charge in [0, 0.05) is 51.5 Å². The molecule has 2 aromatic rings. The summed E-state index contributed by atoms with van der Waals surface area (Å²) >= 11 is 0. The van der Waals surface area contributed by atoms with Crippen LogP contribution in [0.4, 0.5) is 10.6 Å². The Morgan fingerprint density at radius 1 is 1.00 bits per heavy atom. The van der Waals surface area contributed by atoms with Gasteiger partial charge in [-0.05, 0) is 67.3 Å². The van der Waals surface area contributed by atoms with Crippen molar-refractivity contribution in [3.05, 3.63) is 52.6 Å². The van der Waals surface area contributed by atoms with Crippen molar-refractivity contribution in [3.8, 4) is 5.69 Å². The van der Waals surface area contributed by atoms with E-state index in [0.717, 1.165) is 49.5 Å². The molecule has 40 heavy (non-hydrogen) atoms. The molecule has 0 radical (unpaired) electrons. The van der Waals surface area contributed by atoms with Gasteiger partial charge in [-0.3, -0.25) is 19.6 Å². The lowest BCUT2D eigenvalue weighted by Crippen LogP contribution is -2.56. The van der Waals surface area contributed by atoms with Gasteiger partial charge in [-0.2, -0.15) is 4.98 Å². The summed E-state index contributed by atoms with van der Waals surface area (Å²) in [6.07, 6.45) is 2.58. The molecular weight excluding hydrogens is 508 g/mol. The molecule has 0 spiro atoms. The number of amides is 3. The third kappa shape index (κ3) is 5.91. The molecule has 5 N–H and O–H groups in total. The summed E-state index contributed by atoms with van der Waals surface area (Å²) in [6, 6.07) is 9.17. The van der Waals surface area contributed by atoms with Crippen LogP contribution in [0.1, 0.15) is 26.3 Å². The molecule has 1 aromatic carbocycles. The van der Waals surface area contributed by atoms with E-state index >= 15 is 0 Å². The Kier molecular flexibility index (Phi) is 8.25. The van der Waals surface area contributed by atoms with Crippen LogP contribution in [0.15, 0.2) is 41.3 Å². The predicted octanol–water partition coefficient (Wildman–Crippen LogP) is 0.959. The van der Waals surface area contributed by atoms with Crippen LogP contribution >= 0.6 is 0 Å². The number of likely N-dealkylation sites (tertiary alicyclic amines) is 1. The number of nitrogens with zero attached hydrogens (tertiary/aromatic N) is 5. The second-order valence-electron chi connectivity index (χ2n) is 11.9. The first kappa shape index (κ1) is 28.3. The minimum atomic E-state index is -0.541. The number of urea groups is 1. The molecule has 11 nitrogen and oxygen atoms in total. The number of rotatable bonds is 8. The second kappa shape index (κ2) is 11.7. The lowest BCUT2D eigenvalue weighted by molar-refractivity contribution is -0.134. The summed E-state index contributed by atoms with van der Waals surface area (Å²) in [5.41, 5.74) is 13.3. The normalized spacial score (nSPS) is 24.1. The number of nitrogens with one attached hydrogen (secondary N) is 1. The minimum absolute atomic E-state index is 0.0549. The molecule has 216 valence electrons. The summed E-state index contributed by atoms with van der Waals surface area (Å²) < 4.78 is 1.46. The van der Waals surface area contributed by atoms with Crippen LogP contribution in [0.25, 0.3) is 5.69 Å². The van der Waals surface area contributed by atoms with Gasteiger partial charge >= 0.3 is 11.7 Å². The average Bonchev–Trinajstić information content (AvgIpc) is 3.42. The largest absolute Gasteiger partial charge is 0.354 e. The van der Waals surface area contributed by atoms with E-state index in [9.17, 15) is 14.4 Å². The lowest BCUT2D eigenvalue weighted by Gasteiger charge is -2.36. The summed E-state index contributed by atoms with van der Waals surface area (Å²) in [4.78, 5) is 47.9. The Hall–Kier alpha value is -3.28. The molecule has 5 atom stereocenters. The Morgan fingerprint density at radius 3 is 2.20 bits per heavy atom. The molecule has 1 aliphatic carbocycles. The van der Waals surface area contributed by atoms with Gasteiger partial charge in [-0.15, -0.1) is 0 Å². The highest BCUT2D eigenvalue weighted by molar-refractivity contribution is 5.88. The first-order valence-corrected chi connectivity index (χ1v) is 14.4. The zero-order chi connectivity index (χ0) is 28.6. The molecule has 0 bridgehead atoms. The number of fused-ring (bicyclic) bond motifs is 1. The van der Waals surface area contributed by atoms with E-state index in [0.29, 0.717) is 32.2 Å². The number of carbonyl (C=O) groups is 2. The molecule has 2 aliphatic heterocycles. The number of aromatic nitrogens is 2. The minimum Gasteiger partial charge on any atom is -0.338 e. The maximum Gasteiger partial charge on any atom is 0.354 e. The van der Waals surface area contributed by atoms with Crippen molar-refractivity contribution in [3.63, 3.8) is 0 Å². The van der Waals surface area contributed by atoms with Gasteiger partial charge in [0.25, 0.3) is 0 Å². The molecule has 1 saturated carbocycles. The molecule has 3 unspecified atom stereocenters. The topological polar surface area (TPSA) is 143 Å². The van der Waals surface area contributed by atoms with Crippen LogP contribution in [-0.4, -0.2) is 94.1 Å². The molecule has 3 fully saturated rings. The predicted molar refractivity (Wildman–Crippen MR) is 154 cm³/mol. The van der Waals surface area contributed by atoms with Gasteiger partial charge in [-0.1, -0.05) is 26.0 Å². The third-order valence-electron chi connectivity index (χ3n) is 8.96. The number of hydrogen-bond donors (Lipinski definition) is 3. The number of piperidine rings is 1. The first-order chi connectivity index (χ1) is 19.2. The summed E-state index contributed by atoms with van der Waals surface area (Å²) in [5, 5.41) is 2.71. The quantitative estimate of drug-likeness (QED) is 0.444. The van der Waals surface area contributed by atoms with Gasteiger partial charge in [0.15, 0.2) is 0 Å². The van der Waals surface area contributed by atoms with Crippen LogP contribution in [0.3, 0.4) is 0 Å². The maximum atomic E-state index is 12.8. The van der Waals surface area contributed by atoms with Crippen molar-refractivity contribution < 1.29 is 9.59 Å². The summed E-state index contributed by atoms with van der Waals surface area (Å²) in [5.74, 6) is 2.47. The van der Waals surface area contributed by atoms with E-state index in [1.54, 1.807) is 22.1 Å². The number of hydrogen-bond acceptors (Lipinski definition) is 7. The van der Waals surface area contributed by atoms with Gasteiger partial charge < -0.3 is 21.3 Å². The highest BCUT2D eigenvalue weighted by atomic mass is 16.2. The van der Waals surface area contributed by atoms with Gasteiger partial charge in [-0.25, -0.2) is 9.59 Å². The molecule has 3 aliphatic rings. The van der Waals surface area contributed by atoms with E-state index in [1.807, 2.05) is 26.0 Å². The SMILES string of the molecule is CC(C)C(N)C(=O)N1CCN(C(=O)Nc2ccn(-c3ccc(CC(C)N4C[C@@H]5C(CN)[C@@H]5C4)cc3)c(=O)n2)CC1. The standard InChI is InChI=1S/C29H42N8O3/c1-18(2)26(31)27(38)34-10-12-35(13-11-34)28(39)32-25-8-9-37(29(40)33-25)21-6-4-20(5-7-21)14-19(3)36-16-23-22(15-30)24(23)17-36/h4-9,18-19,22-24,26H,10-17,30-31H2,1-3H3,(H,32,33,39,40)/t19?,22?,23-,24+,26?. The summed E-state index contributed by atoms with van der Waals surface area (Å²) in [6.45, 7) is 10.8. The monoisotopic (exact) mass is 550 g/mol. The number of piperazine rings is 1. The van der Waals surface area contributed by atoms with E-state index in [2.05, 4.69) is 34.3 Å². The van der Waals surface area contributed by atoms with Gasteiger partial charge in [0.1, 0.15) is 5.82 Å². The fourth-order valence-electron chi connectivity index (χ4n) is 6.14. The molecule has 3 heterocycles. The van der Waals surface area contributed by atoms with Crippen molar-refractivity contribution in [1.29, 1.82) is 0 Å². The van der Waals surface area contributed by atoms with Crippen molar-refractivity contribution in [2.45, 2.75) is 39.3 Å². The second-order valence-corrected chi connectivity index (χ2v) is 11.9. The molecule has 5 rings (SSSR count). The lowest BCUT2D eigenvalue weighted by atomic mass is 10.0. The number of anilines is 1. The molecule has 2 saturated heterocycles. The van der Waals surface area contributed by atoms with Gasteiger partial charge in [0.2, 0.25) is 5.91 Å². The van der Waals surface area contributed by atoms with E-state index in [1.165, 1.54) is 10.1 Å². The number of carbonyl (C=O) groups excluding carboxylic acids is 2. The van der Waals surface area contributed by atoms with E-state index < -0.39 is 11.7 Å². The van der Waals surface area contributed by atoms with Crippen molar-refractivity contribution in [2.24, 2.45) is 35.1 Å². The first-order valence-electron chi connectivity index (χ1n) is 14.4. The Balaban J connectivity index is 1.12. The highest BCUT2D eigenvalue weighted by Gasteiger charge is 2.55. The Bertz CT molecular complexity index is 1260. The highest BCUT2D eigenvalue weighted by Crippen LogP contribution is 2.51. The fraction of sp³-hybridized carbons (Fsp3) is 0.586. The van der Waals surface area contributed by atoms with Crippen LogP contribution in [0.2, 0.25) is 0 Å². The van der Waals surface area contributed by atoms with Crippen molar-refractivity contribution >= 4 is 17.8 Å². The van der Waals surface area contributed by atoms with Crippen molar-refractivity contribution in [2.75, 3.05) is 51.1 Å². The zero-order valence-corrected chi connectivity index (χ0v) is 23.7. The zero-order valence-electron chi connectivity index (χ0n) is 23.7. The van der Waals surface area contributed by atoms with Crippen LogP contribution in [-0.2, 0) is 11.2 Å². The number of benzene rings is 1. The van der Waals surface area contributed by atoms with Crippen LogP contribution in [0, 0.1) is 23.7 Å². The maximum absolute atomic E-state index is 12.8. The number of nitrogens with two attached hydrogens (primary N) is 2. The molecule has 11 heteroatoms. The van der Waals surface area contributed by atoms with E-state index in [-0.39, 0.29) is 23.7 Å².